The molecule has 9 heteroatoms. The van der Waals surface area contributed by atoms with Crippen LogP contribution in [0.5, 0.6) is 5.75 Å². The number of thioether (sulfide) groups is 1. The van der Waals surface area contributed by atoms with E-state index in [1.807, 2.05) is 79.1 Å². The third-order valence-corrected chi connectivity index (χ3v) is 5.67. The number of aryl methyl sites for hydroxylation is 1. The molecule has 0 aliphatic carbocycles. The molecule has 4 rings (SSSR count). The first kappa shape index (κ1) is 23.2. The molecule has 2 aromatic carbocycles. The van der Waals surface area contributed by atoms with Crippen molar-refractivity contribution in [3.8, 4) is 22.8 Å². The minimum atomic E-state index is -0.238. The average Bonchev–Trinajstić information content (AvgIpc) is 3.28. The predicted molar refractivity (Wildman–Crippen MR) is 133 cm³/mol. The molecule has 0 spiro atoms. The Kier molecular flexibility index (Phi) is 7.67. The van der Waals surface area contributed by atoms with Crippen LogP contribution in [0.3, 0.4) is 0 Å². The van der Waals surface area contributed by atoms with Gasteiger partial charge in [-0.25, -0.2) is 5.43 Å². The summed E-state index contributed by atoms with van der Waals surface area (Å²) in [5.41, 5.74) is 6.29. The molecule has 1 N–H and O–H groups in total. The molecule has 0 saturated heterocycles. The van der Waals surface area contributed by atoms with Crippen LogP contribution in [0.25, 0.3) is 17.1 Å². The van der Waals surface area contributed by atoms with Crippen molar-refractivity contribution in [2.45, 2.75) is 19.0 Å². The lowest BCUT2D eigenvalue weighted by molar-refractivity contribution is -0.118. The van der Waals surface area contributed by atoms with Gasteiger partial charge in [-0.05, 0) is 55.8 Å². The van der Waals surface area contributed by atoms with E-state index in [9.17, 15) is 4.79 Å². The number of hydrogen-bond donors (Lipinski definition) is 1. The van der Waals surface area contributed by atoms with Gasteiger partial charge in [0.05, 0.1) is 18.6 Å². The molecule has 4 aromatic rings. The maximum atomic E-state index is 12.4. The molecule has 34 heavy (non-hydrogen) atoms. The van der Waals surface area contributed by atoms with E-state index in [0.29, 0.717) is 17.6 Å². The van der Waals surface area contributed by atoms with Gasteiger partial charge in [0.1, 0.15) is 5.75 Å². The van der Waals surface area contributed by atoms with Crippen molar-refractivity contribution in [2.75, 3.05) is 12.4 Å². The van der Waals surface area contributed by atoms with Crippen LogP contribution in [-0.2, 0) is 4.79 Å². The molecule has 0 atom stereocenters. The van der Waals surface area contributed by atoms with Gasteiger partial charge >= 0.3 is 0 Å². The Labute approximate surface area is 202 Å². The van der Waals surface area contributed by atoms with Gasteiger partial charge in [0.15, 0.2) is 11.0 Å². The summed E-state index contributed by atoms with van der Waals surface area (Å²) in [6, 6.07) is 19.3. The number of rotatable bonds is 9. The van der Waals surface area contributed by atoms with Crippen molar-refractivity contribution >= 4 is 23.9 Å². The highest BCUT2D eigenvalue weighted by molar-refractivity contribution is 7.99. The maximum Gasteiger partial charge on any atom is 0.250 e. The maximum absolute atomic E-state index is 12.4. The van der Waals surface area contributed by atoms with Crippen LogP contribution in [0.15, 0.2) is 83.3 Å². The molecule has 2 heterocycles. The zero-order valence-corrected chi connectivity index (χ0v) is 19.7. The zero-order valence-electron chi connectivity index (χ0n) is 18.9. The largest absolute Gasteiger partial charge is 0.494 e. The third-order valence-electron chi connectivity index (χ3n) is 4.74. The lowest BCUT2D eigenvalue weighted by atomic mass is 10.2. The first-order valence-corrected chi connectivity index (χ1v) is 11.7. The fourth-order valence-electron chi connectivity index (χ4n) is 3.23. The number of hydrogen-bond acceptors (Lipinski definition) is 7. The van der Waals surface area contributed by atoms with Crippen molar-refractivity contribution in [3.63, 3.8) is 0 Å². The van der Waals surface area contributed by atoms with Crippen molar-refractivity contribution in [2.24, 2.45) is 5.10 Å². The van der Waals surface area contributed by atoms with Gasteiger partial charge in [-0.15, -0.1) is 10.2 Å². The Morgan fingerprint density at radius 2 is 2.00 bits per heavy atom. The molecule has 0 saturated carbocycles. The minimum Gasteiger partial charge on any atom is -0.494 e. The Morgan fingerprint density at radius 3 is 2.74 bits per heavy atom. The van der Waals surface area contributed by atoms with Crippen LogP contribution < -0.4 is 10.2 Å². The first-order chi connectivity index (χ1) is 16.6. The van der Waals surface area contributed by atoms with Crippen LogP contribution in [0, 0.1) is 6.92 Å². The second kappa shape index (κ2) is 11.2. The first-order valence-electron chi connectivity index (χ1n) is 10.7. The van der Waals surface area contributed by atoms with Gasteiger partial charge in [-0.2, -0.15) is 5.10 Å². The molecular weight excluding hydrogens is 448 g/mol. The molecule has 8 nitrogen and oxygen atoms in total. The Hall–Kier alpha value is -3.98. The molecule has 0 radical (unpaired) electrons. The molecule has 0 unspecified atom stereocenters. The fourth-order valence-corrected chi connectivity index (χ4v) is 3.97. The van der Waals surface area contributed by atoms with Crippen molar-refractivity contribution in [1.82, 2.24) is 25.2 Å². The lowest BCUT2D eigenvalue weighted by Gasteiger charge is -2.11. The number of ether oxygens (including phenoxy) is 1. The Morgan fingerprint density at radius 1 is 1.15 bits per heavy atom. The number of nitrogens with zero attached hydrogens (tertiary/aromatic N) is 5. The smallest absolute Gasteiger partial charge is 0.250 e. The highest BCUT2D eigenvalue weighted by Gasteiger charge is 2.17. The minimum absolute atomic E-state index is 0.132. The monoisotopic (exact) mass is 472 g/mol. The molecule has 0 aliphatic rings. The number of carbonyl (C=O) groups excluding carboxylic acids is 1. The van der Waals surface area contributed by atoms with Gasteiger partial charge in [0, 0.05) is 23.6 Å². The van der Waals surface area contributed by atoms with Gasteiger partial charge in [0.2, 0.25) is 0 Å². The number of nitrogens with one attached hydrogen (secondary N) is 1. The van der Waals surface area contributed by atoms with Crippen molar-refractivity contribution < 1.29 is 9.53 Å². The summed E-state index contributed by atoms with van der Waals surface area (Å²) in [6.07, 6.45) is 5.06. The van der Waals surface area contributed by atoms with E-state index >= 15 is 0 Å². The number of aromatic nitrogens is 4. The predicted octanol–water partition coefficient (Wildman–Crippen LogP) is 4.28. The number of benzene rings is 2. The highest BCUT2D eigenvalue weighted by atomic mass is 32.2. The molecule has 1 amide bonds. The summed E-state index contributed by atoms with van der Waals surface area (Å²) < 4.78 is 7.46. The zero-order chi connectivity index (χ0) is 23.8. The second-order valence-electron chi connectivity index (χ2n) is 7.31. The quantitative estimate of drug-likeness (QED) is 0.222. The topological polar surface area (TPSA) is 94.3 Å². The van der Waals surface area contributed by atoms with Gasteiger partial charge in [-0.3, -0.25) is 14.3 Å². The summed E-state index contributed by atoms with van der Waals surface area (Å²) in [7, 11) is 0. The van der Waals surface area contributed by atoms with Crippen LogP contribution >= 0.6 is 11.8 Å². The molecule has 0 fully saturated rings. The molecule has 0 aliphatic heterocycles. The molecule has 0 bridgehead atoms. The summed E-state index contributed by atoms with van der Waals surface area (Å²) in [5, 5.41) is 13.3. The van der Waals surface area contributed by atoms with Gasteiger partial charge < -0.3 is 4.74 Å². The van der Waals surface area contributed by atoms with Gasteiger partial charge in [-0.1, -0.05) is 41.6 Å². The van der Waals surface area contributed by atoms with E-state index in [1.54, 1.807) is 18.6 Å². The lowest BCUT2D eigenvalue weighted by Crippen LogP contribution is -2.20. The van der Waals surface area contributed by atoms with E-state index in [1.165, 1.54) is 11.8 Å². The third kappa shape index (κ3) is 5.87. The highest BCUT2D eigenvalue weighted by Crippen LogP contribution is 2.28. The van der Waals surface area contributed by atoms with E-state index in [2.05, 4.69) is 25.7 Å². The Bertz CT molecular complexity index is 1270. The molecular formula is C25H24N6O2S. The van der Waals surface area contributed by atoms with Crippen LogP contribution in [0.2, 0.25) is 0 Å². The van der Waals surface area contributed by atoms with Gasteiger partial charge in [0.25, 0.3) is 5.91 Å². The summed E-state index contributed by atoms with van der Waals surface area (Å²) in [6.45, 7) is 4.54. The number of hydrazone groups is 1. The average molecular weight is 473 g/mol. The second-order valence-corrected chi connectivity index (χ2v) is 8.25. The number of pyridine rings is 1. The van der Waals surface area contributed by atoms with Crippen LogP contribution in [-0.4, -0.2) is 44.2 Å². The fraction of sp³-hybridized carbons (Fsp3) is 0.160. The van der Waals surface area contributed by atoms with Crippen LogP contribution in [0.4, 0.5) is 0 Å². The number of amides is 1. The summed E-state index contributed by atoms with van der Waals surface area (Å²) in [4.78, 5) is 16.6. The van der Waals surface area contributed by atoms with Crippen LogP contribution in [0.1, 0.15) is 18.1 Å². The summed E-state index contributed by atoms with van der Waals surface area (Å²) >= 11 is 1.28. The molecule has 2 aromatic heterocycles. The normalized spacial score (nSPS) is 11.0. The van der Waals surface area contributed by atoms with Crippen molar-refractivity contribution in [3.05, 3.63) is 84.2 Å². The number of carbonyl (C=O) groups is 1. The van der Waals surface area contributed by atoms with E-state index in [4.69, 9.17) is 4.74 Å². The molecule has 172 valence electrons. The van der Waals surface area contributed by atoms with E-state index in [-0.39, 0.29) is 11.7 Å². The van der Waals surface area contributed by atoms with E-state index < -0.39 is 0 Å². The Balaban J connectivity index is 1.51. The van der Waals surface area contributed by atoms with E-state index in [0.717, 1.165) is 28.1 Å². The SMILES string of the molecule is CCOc1ccc(-n2c(SCC(=O)NN=Cc3cccc(C)c3)nnc2-c2cccnc2)cc1. The standard InChI is InChI=1S/C25H24N6O2S/c1-3-33-22-11-9-21(10-12-22)31-24(20-8-5-13-26-16-20)29-30-25(31)34-17-23(32)28-27-15-19-7-4-6-18(2)14-19/h4-16H,3,17H2,1-2H3,(H,28,32). The summed E-state index contributed by atoms with van der Waals surface area (Å²) in [5.74, 6) is 1.31. The van der Waals surface area contributed by atoms with Crippen molar-refractivity contribution in [1.29, 1.82) is 0 Å².